The second kappa shape index (κ2) is 6.30. The van der Waals surface area contributed by atoms with Gasteiger partial charge in [0.2, 0.25) is 5.89 Å². The van der Waals surface area contributed by atoms with Crippen molar-refractivity contribution in [2.45, 2.75) is 39.8 Å². The predicted octanol–water partition coefficient (Wildman–Crippen LogP) is 1.32. The summed E-state index contributed by atoms with van der Waals surface area (Å²) in [5.74, 6) is 2.43. The number of hydrogen-bond acceptors (Lipinski definition) is 5. The SMILES string of the molecule is CCCn1ccnc1CNCCc1noc(C)n1. The van der Waals surface area contributed by atoms with Gasteiger partial charge in [-0.1, -0.05) is 12.1 Å². The van der Waals surface area contributed by atoms with E-state index in [1.54, 1.807) is 6.92 Å². The van der Waals surface area contributed by atoms with Crippen molar-refractivity contribution >= 4 is 0 Å². The average molecular weight is 249 g/mol. The molecule has 98 valence electrons. The smallest absolute Gasteiger partial charge is 0.223 e. The van der Waals surface area contributed by atoms with E-state index < -0.39 is 0 Å². The van der Waals surface area contributed by atoms with Crippen LogP contribution in [0.1, 0.15) is 30.9 Å². The van der Waals surface area contributed by atoms with Crippen LogP contribution in [0.2, 0.25) is 0 Å². The van der Waals surface area contributed by atoms with Crippen molar-refractivity contribution in [1.29, 1.82) is 0 Å². The molecule has 0 fully saturated rings. The van der Waals surface area contributed by atoms with Crippen LogP contribution in [0.15, 0.2) is 16.9 Å². The molecule has 0 aliphatic rings. The molecule has 0 bridgehead atoms. The molecular formula is C12H19N5O. The molecule has 0 amide bonds. The van der Waals surface area contributed by atoms with Crippen LogP contribution in [0, 0.1) is 6.92 Å². The highest BCUT2D eigenvalue weighted by molar-refractivity contribution is 4.92. The van der Waals surface area contributed by atoms with Gasteiger partial charge in [-0.3, -0.25) is 0 Å². The molecule has 0 aliphatic carbocycles. The lowest BCUT2D eigenvalue weighted by Gasteiger charge is -2.06. The zero-order chi connectivity index (χ0) is 12.8. The first-order chi connectivity index (χ1) is 8.79. The van der Waals surface area contributed by atoms with E-state index in [2.05, 4.69) is 31.9 Å². The largest absolute Gasteiger partial charge is 0.340 e. The second-order valence-corrected chi connectivity index (χ2v) is 4.19. The molecule has 0 unspecified atom stereocenters. The highest BCUT2D eigenvalue weighted by Crippen LogP contribution is 1.99. The number of hydrogen-bond donors (Lipinski definition) is 1. The number of aromatic nitrogens is 4. The summed E-state index contributed by atoms with van der Waals surface area (Å²) in [4.78, 5) is 8.49. The molecule has 2 rings (SSSR count). The molecule has 0 aromatic carbocycles. The summed E-state index contributed by atoms with van der Waals surface area (Å²) in [5, 5.41) is 7.19. The van der Waals surface area contributed by atoms with E-state index in [1.165, 1.54) is 0 Å². The summed E-state index contributed by atoms with van der Waals surface area (Å²) in [6, 6.07) is 0. The molecule has 0 saturated carbocycles. The van der Waals surface area contributed by atoms with Gasteiger partial charge >= 0.3 is 0 Å². The van der Waals surface area contributed by atoms with E-state index in [-0.39, 0.29) is 0 Å². The Balaban J connectivity index is 1.73. The van der Waals surface area contributed by atoms with Gasteiger partial charge in [0.1, 0.15) is 5.82 Å². The molecule has 2 aromatic rings. The van der Waals surface area contributed by atoms with Gasteiger partial charge < -0.3 is 14.4 Å². The maximum absolute atomic E-state index is 4.91. The first-order valence-electron chi connectivity index (χ1n) is 6.29. The fourth-order valence-electron chi connectivity index (χ4n) is 1.79. The van der Waals surface area contributed by atoms with Crippen molar-refractivity contribution in [3.05, 3.63) is 29.9 Å². The Bertz CT molecular complexity index is 476. The van der Waals surface area contributed by atoms with E-state index in [4.69, 9.17) is 4.52 Å². The van der Waals surface area contributed by atoms with Gasteiger partial charge in [0.15, 0.2) is 5.82 Å². The number of rotatable bonds is 7. The highest BCUT2D eigenvalue weighted by Gasteiger charge is 2.03. The van der Waals surface area contributed by atoms with E-state index in [1.807, 2.05) is 12.4 Å². The maximum Gasteiger partial charge on any atom is 0.223 e. The Morgan fingerprint density at radius 2 is 2.33 bits per heavy atom. The van der Waals surface area contributed by atoms with E-state index in [9.17, 15) is 0 Å². The third-order valence-electron chi connectivity index (χ3n) is 2.64. The molecule has 18 heavy (non-hydrogen) atoms. The molecule has 0 spiro atoms. The molecule has 6 heteroatoms. The lowest BCUT2D eigenvalue weighted by atomic mass is 10.4. The van der Waals surface area contributed by atoms with Crippen LogP contribution in [0.4, 0.5) is 0 Å². The van der Waals surface area contributed by atoms with E-state index >= 15 is 0 Å². The average Bonchev–Trinajstić information content (AvgIpc) is 2.95. The van der Waals surface area contributed by atoms with Crippen LogP contribution in [-0.4, -0.2) is 26.2 Å². The van der Waals surface area contributed by atoms with Gasteiger partial charge in [0.25, 0.3) is 0 Å². The Kier molecular flexibility index (Phi) is 4.46. The van der Waals surface area contributed by atoms with Crippen LogP contribution >= 0.6 is 0 Å². The summed E-state index contributed by atoms with van der Waals surface area (Å²) < 4.78 is 7.09. The summed E-state index contributed by atoms with van der Waals surface area (Å²) in [6.07, 6.45) is 5.75. The normalized spacial score (nSPS) is 11.0. The van der Waals surface area contributed by atoms with Crippen molar-refractivity contribution < 1.29 is 4.52 Å². The zero-order valence-electron chi connectivity index (χ0n) is 10.9. The molecule has 0 atom stereocenters. The number of nitrogens with zero attached hydrogens (tertiary/aromatic N) is 4. The molecule has 0 radical (unpaired) electrons. The summed E-state index contributed by atoms with van der Waals surface area (Å²) in [7, 11) is 0. The molecule has 2 aromatic heterocycles. The Hall–Kier alpha value is -1.69. The third kappa shape index (κ3) is 3.40. The van der Waals surface area contributed by atoms with Crippen LogP contribution in [0.25, 0.3) is 0 Å². The predicted molar refractivity (Wildman–Crippen MR) is 67.0 cm³/mol. The van der Waals surface area contributed by atoms with Crippen LogP contribution in [0.5, 0.6) is 0 Å². The fourth-order valence-corrected chi connectivity index (χ4v) is 1.79. The first-order valence-corrected chi connectivity index (χ1v) is 6.29. The van der Waals surface area contributed by atoms with Crippen molar-refractivity contribution in [1.82, 2.24) is 25.0 Å². The van der Waals surface area contributed by atoms with Crippen molar-refractivity contribution in [2.24, 2.45) is 0 Å². The summed E-state index contributed by atoms with van der Waals surface area (Å²) >= 11 is 0. The standard InChI is InChI=1S/C12H19N5O/c1-3-7-17-8-6-14-12(17)9-13-5-4-11-15-10(2)18-16-11/h6,8,13H,3-5,7,9H2,1-2H3. The lowest BCUT2D eigenvalue weighted by Crippen LogP contribution is -2.20. The minimum atomic E-state index is 0.614. The van der Waals surface area contributed by atoms with Gasteiger partial charge in [-0.2, -0.15) is 4.98 Å². The quantitative estimate of drug-likeness (QED) is 0.749. The van der Waals surface area contributed by atoms with Gasteiger partial charge in [0, 0.05) is 38.8 Å². The monoisotopic (exact) mass is 249 g/mol. The minimum Gasteiger partial charge on any atom is -0.340 e. The Morgan fingerprint density at radius 1 is 1.44 bits per heavy atom. The van der Waals surface area contributed by atoms with Crippen LogP contribution in [-0.2, 0) is 19.5 Å². The summed E-state index contributed by atoms with van der Waals surface area (Å²) in [6.45, 7) is 6.56. The molecule has 6 nitrogen and oxygen atoms in total. The zero-order valence-corrected chi connectivity index (χ0v) is 10.9. The van der Waals surface area contributed by atoms with Crippen molar-refractivity contribution in [2.75, 3.05) is 6.54 Å². The molecular weight excluding hydrogens is 230 g/mol. The minimum absolute atomic E-state index is 0.614. The Labute approximate surface area is 106 Å². The second-order valence-electron chi connectivity index (χ2n) is 4.19. The fraction of sp³-hybridized carbons (Fsp3) is 0.583. The molecule has 0 aliphatic heterocycles. The maximum atomic E-state index is 4.91. The summed E-state index contributed by atoms with van der Waals surface area (Å²) in [5.41, 5.74) is 0. The molecule has 1 N–H and O–H groups in total. The third-order valence-corrected chi connectivity index (χ3v) is 2.64. The van der Waals surface area contributed by atoms with Crippen LogP contribution < -0.4 is 5.32 Å². The van der Waals surface area contributed by atoms with Crippen LogP contribution in [0.3, 0.4) is 0 Å². The van der Waals surface area contributed by atoms with Gasteiger partial charge in [-0.05, 0) is 6.42 Å². The first kappa shape index (κ1) is 12.8. The van der Waals surface area contributed by atoms with Crippen molar-refractivity contribution in [3.63, 3.8) is 0 Å². The number of aryl methyl sites for hydroxylation is 2. The topological polar surface area (TPSA) is 68.8 Å². The highest BCUT2D eigenvalue weighted by atomic mass is 16.5. The lowest BCUT2D eigenvalue weighted by molar-refractivity contribution is 0.387. The molecule has 0 saturated heterocycles. The van der Waals surface area contributed by atoms with Crippen molar-refractivity contribution in [3.8, 4) is 0 Å². The van der Waals surface area contributed by atoms with Gasteiger partial charge in [0.05, 0.1) is 6.54 Å². The van der Waals surface area contributed by atoms with E-state index in [0.29, 0.717) is 5.89 Å². The van der Waals surface area contributed by atoms with Gasteiger partial charge in [-0.15, -0.1) is 0 Å². The molecule has 2 heterocycles. The number of nitrogens with one attached hydrogen (secondary N) is 1. The number of imidazole rings is 1. The van der Waals surface area contributed by atoms with E-state index in [0.717, 1.165) is 44.1 Å². The van der Waals surface area contributed by atoms with Gasteiger partial charge in [-0.25, -0.2) is 4.98 Å². The Morgan fingerprint density at radius 3 is 3.06 bits per heavy atom.